The maximum Gasteiger partial charge on any atom is 0.228 e. The molecule has 8 nitrogen and oxygen atoms in total. The number of aromatic nitrogens is 4. The van der Waals surface area contributed by atoms with Gasteiger partial charge in [-0.05, 0) is 18.6 Å². The van der Waals surface area contributed by atoms with Gasteiger partial charge in [0.15, 0.2) is 5.82 Å². The van der Waals surface area contributed by atoms with Crippen molar-refractivity contribution in [2.45, 2.75) is 24.7 Å². The van der Waals surface area contributed by atoms with Crippen LogP contribution in [0, 0.1) is 5.92 Å². The SMILES string of the molecule is CSc1cnc(NC[C@@H](C)CNc2cnc(N3CCCC3=O)cn2)nc1. The van der Waals surface area contributed by atoms with Crippen LogP contribution < -0.4 is 15.5 Å². The lowest BCUT2D eigenvalue weighted by Gasteiger charge is -2.16. The Morgan fingerprint density at radius 1 is 1.12 bits per heavy atom. The van der Waals surface area contributed by atoms with Crippen LogP contribution in [0.25, 0.3) is 0 Å². The van der Waals surface area contributed by atoms with Gasteiger partial charge in [-0.25, -0.2) is 19.9 Å². The molecule has 0 aliphatic carbocycles. The third-order valence-electron chi connectivity index (χ3n) is 4.09. The molecule has 1 amide bonds. The molecule has 0 unspecified atom stereocenters. The highest BCUT2D eigenvalue weighted by atomic mass is 32.2. The number of nitrogens with one attached hydrogen (secondary N) is 2. The summed E-state index contributed by atoms with van der Waals surface area (Å²) in [5.74, 6) is 2.42. The van der Waals surface area contributed by atoms with Crippen molar-refractivity contribution in [1.29, 1.82) is 0 Å². The molecule has 1 saturated heterocycles. The summed E-state index contributed by atoms with van der Waals surface area (Å²) >= 11 is 1.62. The molecule has 1 atom stereocenters. The van der Waals surface area contributed by atoms with Gasteiger partial charge in [-0.3, -0.25) is 9.69 Å². The first-order valence-corrected chi connectivity index (χ1v) is 9.84. The van der Waals surface area contributed by atoms with Gasteiger partial charge in [0.05, 0.1) is 12.4 Å². The minimum Gasteiger partial charge on any atom is -0.368 e. The van der Waals surface area contributed by atoms with Crippen LogP contribution in [0.1, 0.15) is 19.8 Å². The number of carbonyl (C=O) groups excluding carboxylic acids is 1. The number of carbonyl (C=O) groups is 1. The van der Waals surface area contributed by atoms with Crippen molar-refractivity contribution in [2.24, 2.45) is 5.92 Å². The van der Waals surface area contributed by atoms with Gasteiger partial charge < -0.3 is 10.6 Å². The Kier molecular flexibility index (Phi) is 6.21. The molecule has 2 N–H and O–H groups in total. The van der Waals surface area contributed by atoms with Crippen molar-refractivity contribution >= 4 is 35.3 Å². The van der Waals surface area contributed by atoms with E-state index in [9.17, 15) is 4.79 Å². The van der Waals surface area contributed by atoms with Crippen LogP contribution in [0.15, 0.2) is 29.7 Å². The number of hydrogen-bond acceptors (Lipinski definition) is 8. The van der Waals surface area contributed by atoms with E-state index in [1.807, 2.05) is 18.6 Å². The highest BCUT2D eigenvalue weighted by Gasteiger charge is 2.22. The number of anilines is 3. The van der Waals surface area contributed by atoms with Crippen LogP contribution in [-0.4, -0.2) is 51.7 Å². The minimum atomic E-state index is 0.118. The van der Waals surface area contributed by atoms with Gasteiger partial charge >= 0.3 is 0 Å². The van der Waals surface area contributed by atoms with E-state index in [0.29, 0.717) is 29.9 Å². The van der Waals surface area contributed by atoms with Crippen LogP contribution >= 0.6 is 11.8 Å². The summed E-state index contributed by atoms with van der Waals surface area (Å²) in [6, 6.07) is 0. The molecule has 1 aliphatic rings. The molecule has 3 rings (SSSR count). The Morgan fingerprint density at radius 2 is 1.88 bits per heavy atom. The predicted octanol–water partition coefficient (Wildman–Crippen LogP) is 2.28. The molecule has 0 saturated carbocycles. The lowest BCUT2D eigenvalue weighted by molar-refractivity contribution is -0.117. The first-order valence-electron chi connectivity index (χ1n) is 8.62. The third-order valence-corrected chi connectivity index (χ3v) is 4.77. The second kappa shape index (κ2) is 8.79. The fourth-order valence-electron chi connectivity index (χ4n) is 2.57. The first kappa shape index (κ1) is 18.4. The van der Waals surface area contributed by atoms with E-state index >= 15 is 0 Å². The summed E-state index contributed by atoms with van der Waals surface area (Å²) in [5, 5.41) is 6.50. The Morgan fingerprint density at radius 3 is 2.50 bits per heavy atom. The Bertz CT molecular complexity index is 723. The minimum absolute atomic E-state index is 0.118. The Hall–Kier alpha value is -2.42. The van der Waals surface area contributed by atoms with Gasteiger partial charge in [0.2, 0.25) is 11.9 Å². The molecule has 0 bridgehead atoms. The molecule has 138 valence electrons. The van der Waals surface area contributed by atoms with Crippen LogP contribution in [0.4, 0.5) is 17.6 Å². The summed E-state index contributed by atoms with van der Waals surface area (Å²) in [6.07, 6.45) is 10.4. The summed E-state index contributed by atoms with van der Waals surface area (Å²) in [6.45, 7) is 4.34. The molecule has 9 heteroatoms. The zero-order valence-corrected chi connectivity index (χ0v) is 15.8. The summed E-state index contributed by atoms with van der Waals surface area (Å²) < 4.78 is 0. The number of nitrogens with zero attached hydrogens (tertiary/aromatic N) is 5. The van der Waals surface area contributed by atoms with Crippen LogP contribution in [0.3, 0.4) is 0 Å². The Balaban J connectivity index is 1.43. The fourth-order valence-corrected chi connectivity index (χ4v) is 2.89. The molecular formula is C17H23N7OS. The van der Waals surface area contributed by atoms with Crippen molar-refractivity contribution in [3.63, 3.8) is 0 Å². The molecule has 0 radical (unpaired) electrons. The molecule has 2 aromatic heterocycles. The lowest BCUT2D eigenvalue weighted by atomic mass is 10.2. The van der Waals surface area contributed by atoms with E-state index in [4.69, 9.17) is 0 Å². The van der Waals surface area contributed by atoms with Crippen LogP contribution in [0.2, 0.25) is 0 Å². The second-order valence-electron chi connectivity index (χ2n) is 6.22. The van der Waals surface area contributed by atoms with E-state index in [1.54, 1.807) is 29.1 Å². The van der Waals surface area contributed by atoms with Crippen molar-refractivity contribution in [1.82, 2.24) is 19.9 Å². The van der Waals surface area contributed by atoms with Gasteiger partial charge in [-0.2, -0.15) is 0 Å². The van der Waals surface area contributed by atoms with Gasteiger partial charge in [0.1, 0.15) is 5.82 Å². The predicted molar refractivity (Wildman–Crippen MR) is 104 cm³/mol. The number of rotatable bonds is 8. The quantitative estimate of drug-likeness (QED) is 0.681. The number of thioether (sulfide) groups is 1. The Labute approximate surface area is 157 Å². The molecule has 1 aliphatic heterocycles. The topological polar surface area (TPSA) is 95.9 Å². The van der Waals surface area contributed by atoms with E-state index < -0.39 is 0 Å². The van der Waals surface area contributed by atoms with Crippen molar-refractivity contribution in [3.8, 4) is 0 Å². The van der Waals surface area contributed by atoms with E-state index in [2.05, 4.69) is 37.5 Å². The summed E-state index contributed by atoms with van der Waals surface area (Å²) in [4.78, 5) is 31.7. The van der Waals surface area contributed by atoms with Gasteiger partial charge in [-0.15, -0.1) is 11.8 Å². The molecule has 26 heavy (non-hydrogen) atoms. The van der Waals surface area contributed by atoms with Gasteiger partial charge in [-0.1, -0.05) is 6.92 Å². The molecule has 3 heterocycles. The maximum atomic E-state index is 11.7. The van der Waals surface area contributed by atoms with Crippen molar-refractivity contribution in [2.75, 3.05) is 41.4 Å². The van der Waals surface area contributed by atoms with Gasteiger partial charge in [0, 0.05) is 43.3 Å². The second-order valence-corrected chi connectivity index (χ2v) is 7.10. The highest BCUT2D eigenvalue weighted by molar-refractivity contribution is 7.98. The summed E-state index contributed by atoms with van der Waals surface area (Å²) in [7, 11) is 0. The first-order chi connectivity index (χ1) is 12.7. The van der Waals surface area contributed by atoms with Gasteiger partial charge in [0.25, 0.3) is 0 Å². The maximum absolute atomic E-state index is 11.7. The average molecular weight is 373 g/mol. The molecule has 2 aromatic rings. The fraction of sp³-hybridized carbons (Fsp3) is 0.471. The van der Waals surface area contributed by atoms with Crippen LogP contribution in [0.5, 0.6) is 0 Å². The number of hydrogen-bond donors (Lipinski definition) is 2. The molecule has 1 fully saturated rings. The highest BCUT2D eigenvalue weighted by Crippen LogP contribution is 2.18. The zero-order chi connectivity index (χ0) is 18.4. The smallest absolute Gasteiger partial charge is 0.228 e. The average Bonchev–Trinajstić information content (AvgIpc) is 3.11. The standard InChI is InChI=1S/C17H23N7OS/c1-12(7-21-17-22-8-13(26-2)9-23-17)6-18-14-10-20-15(11-19-14)24-5-3-4-16(24)25/h8-12H,3-7H2,1-2H3,(H,18,19)(H,21,22,23)/t12-/m0/s1. The lowest BCUT2D eigenvalue weighted by Crippen LogP contribution is -2.25. The van der Waals surface area contributed by atoms with Crippen LogP contribution in [-0.2, 0) is 4.79 Å². The van der Waals surface area contributed by atoms with Crippen molar-refractivity contribution in [3.05, 3.63) is 24.8 Å². The van der Waals surface area contributed by atoms with E-state index in [-0.39, 0.29) is 5.91 Å². The van der Waals surface area contributed by atoms with E-state index in [0.717, 1.165) is 31.0 Å². The van der Waals surface area contributed by atoms with Crippen molar-refractivity contribution < 1.29 is 4.79 Å². The normalized spacial score (nSPS) is 15.2. The monoisotopic (exact) mass is 373 g/mol. The third kappa shape index (κ3) is 4.81. The zero-order valence-electron chi connectivity index (χ0n) is 15.0. The molecule has 0 aromatic carbocycles. The van der Waals surface area contributed by atoms with E-state index in [1.165, 1.54) is 0 Å². The largest absolute Gasteiger partial charge is 0.368 e. The summed E-state index contributed by atoms with van der Waals surface area (Å²) in [5.41, 5.74) is 0. The molecule has 0 spiro atoms. The number of amides is 1. The molecular weight excluding hydrogens is 350 g/mol.